The van der Waals surface area contributed by atoms with Gasteiger partial charge in [0.05, 0.1) is 36.9 Å². The van der Waals surface area contributed by atoms with Gasteiger partial charge in [-0.05, 0) is 43.3 Å². The quantitative estimate of drug-likeness (QED) is 0.261. The van der Waals surface area contributed by atoms with Crippen LogP contribution in [0.1, 0.15) is 27.6 Å². The van der Waals surface area contributed by atoms with Gasteiger partial charge in [0.15, 0.2) is 0 Å². The molecule has 1 aliphatic rings. The number of carbonyl (C=O) groups is 4. The average Bonchev–Trinajstić information content (AvgIpc) is 3.09. The van der Waals surface area contributed by atoms with E-state index in [2.05, 4.69) is 0 Å². The number of methoxy groups -OCH3 is 1. The normalized spacial score (nSPS) is 13.6. The fourth-order valence-corrected chi connectivity index (χ4v) is 3.63. The Morgan fingerprint density at radius 1 is 0.909 bits per heavy atom. The van der Waals surface area contributed by atoms with Gasteiger partial charge in [0.1, 0.15) is 0 Å². The maximum absolute atomic E-state index is 12.6. The number of hydrogen-bond acceptors (Lipinski definition) is 6. The Balaban J connectivity index is 1.67. The Hall–Kier alpha value is -3.56. The van der Waals surface area contributed by atoms with Crippen LogP contribution in [0, 0.1) is 0 Å². The number of amides is 4. The third-order valence-corrected chi connectivity index (χ3v) is 5.45. The molecule has 9 nitrogen and oxygen atoms in total. The Bertz CT molecular complexity index is 959. The van der Waals surface area contributed by atoms with Gasteiger partial charge in [0, 0.05) is 31.6 Å². The molecule has 0 saturated heterocycles. The summed E-state index contributed by atoms with van der Waals surface area (Å²) in [5, 5.41) is 0. The molecule has 1 heterocycles. The smallest absolute Gasteiger partial charge is 0.261 e. The van der Waals surface area contributed by atoms with Crippen molar-refractivity contribution in [1.82, 2.24) is 4.90 Å². The number of nitrogens with zero attached hydrogens (tertiary/aromatic N) is 3. The van der Waals surface area contributed by atoms with Crippen molar-refractivity contribution in [3.63, 3.8) is 0 Å². The summed E-state index contributed by atoms with van der Waals surface area (Å²) in [5.74, 6) is -0.749. The highest BCUT2D eigenvalue weighted by molar-refractivity contribution is 6.21. The van der Waals surface area contributed by atoms with E-state index in [1.165, 1.54) is 16.9 Å². The van der Waals surface area contributed by atoms with Crippen LogP contribution in [0.25, 0.3) is 0 Å². The number of imide groups is 1. The van der Waals surface area contributed by atoms with E-state index in [1.54, 1.807) is 48.5 Å². The lowest BCUT2D eigenvalue weighted by atomic mass is 10.1. The minimum atomic E-state index is -0.588. The summed E-state index contributed by atoms with van der Waals surface area (Å²) in [7, 11) is 1.47. The van der Waals surface area contributed by atoms with Crippen molar-refractivity contribution >= 4 is 36.0 Å². The van der Waals surface area contributed by atoms with E-state index < -0.39 is 6.10 Å². The van der Waals surface area contributed by atoms with Crippen molar-refractivity contribution in [3.05, 3.63) is 59.7 Å². The first-order valence-corrected chi connectivity index (χ1v) is 10.6. The highest BCUT2D eigenvalue weighted by Crippen LogP contribution is 2.24. The zero-order chi connectivity index (χ0) is 23.8. The number of anilines is 2. The third-order valence-electron chi connectivity index (χ3n) is 5.45. The van der Waals surface area contributed by atoms with Crippen molar-refractivity contribution in [3.8, 4) is 0 Å². The monoisotopic (exact) mass is 453 g/mol. The summed E-state index contributed by atoms with van der Waals surface area (Å²) in [6, 6.07) is 13.6. The summed E-state index contributed by atoms with van der Waals surface area (Å²) in [6.45, 7) is 3.44. The molecule has 2 aromatic rings. The van der Waals surface area contributed by atoms with Gasteiger partial charge in [0.2, 0.25) is 12.8 Å². The molecule has 0 aliphatic carbocycles. The summed E-state index contributed by atoms with van der Waals surface area (Å²) >= 11 is 0. The maximum atomic E-state index is 12.6. The fraction of sp³-hybridized carbons (Fsp3) is 0.333. The fourth-order valence-electron chi connectivity index (χ4n) is 3.63. The lowest BCUT2D eigenvalue weighted by Crippen LogP contribution is -2.43. The summed E-state index contributed by atoms with van der Waals surface area (Å²) in [5.41, 5.74) is 2.00. The van der Waals surface area contributed by atoms with Crippen LogP contribution in [0.3, 0.4) is 0 Å². The van der Waals surface area contributed by atoms with E-state index in [4.69, 9.17) is 9.47 Å². The number of rotatable bonds is 13. The summed E-state index contributed by atoms with van der Waals surface area (Å²) in [4.78, 5) is 52.5. The molecule has 1 atom stereocenters. The Labute approximate surface area is 192 Å². The maximum Gasteiger partial charge on any atom is 0.261 e. The number of benzene rings is 2. The highest BCUT2D eigenvalue weighted by atomic mass is 16.5. The van der Waals surface area contributed by atoms with E-state index >= 15 is 0 Å². The standard InChI is InChI=1S/C24H27N3O6/c1-3-33-13-12-25(16-28)18-8-10-19(11-9-18)26(17-29)14-20(32-2)15-27-23(30)21-6-4-5-7-22(21)24(27)31/h4-11,16-17,20H,3,12-15H2,1-2H3. The first-order valence-electron chi connectivity index (χ1n) is 10.6. The highest BCUT2D eigenvalue weighted by Gasteiger charge is 2.36. The van der Waals surface area contributed by atoms with Crippen LogP contribution in [0.2, 0.25) is 0 Å². The number of hydrogen-bond donors (Lipinski definition) is 0. The molecule has 0 spiro atoms. The number of carbonyl (C=O) groups excluding carboxylic acids is 4. The zero-order valence-electron chi connectivity index (χ0n) is 18.7. The van der Waals surface area contributed by atoms with Crippen molar-refractivity contribution in [2.24, 2.45) is 0 Å². The number of ether oxygens (including phenoxy) is 2. The molecule has 1 unspecified atom stereocenters. The molecule has 9 heteroatoms. The van der Waals surface area contributed by atoms with E-state index in [9.17, 15) is 19.2 Å². The van der Waals surface area contributed by atoms with Crippen LogP contribution in [-0.2, 0) is 19.1 Å². The van der Waals surface area contributed by atoms with Gasteiger partial charge in [-0.25, -0.2) is 0 Å². The molecule has 0 radical (unpaired) electrons. The van der Waals surface area contributed by atoms with Gasteiger partial charge < -0.3 is 19.3 Å². The molecule has 0 saturated carbocycles. The summed E-state index contributed by atoms with van der Waals surface area (Å²) in [6.07, 6.45) is 0.805. The lowest BCUT2D eigenvalue weighted by Gasteiger charge is -2.27. The van der Waals surface area contributed by atoms with E-state index in [0.29, 0.717) is 48.7 Å². The Morgan fingerprint density at radius 3 is 1.94 bits per heavy atom. The first-order chi connectivity index (χ1) is 16.0. The topological polar surface area (TPSA) is 96.5 Å². The zero-order valence-corrected chi connectivity index (χ0v) is 18.7. The minimum absolute atomic E-state index is 0.0155. The molecule has 0 fully saturated rings. The molecule has 0 aromatic heterocycles. The van der Waals surface area contributed by atoms with Crippen LogP contribution < -0.4 is 9.80 Å². The van der Waals surface area contributed by atoms with Gasteiger partial charge in [-0.15, -0.1) is 0 Å². The van der Waals surface area contributed by atoms with Crippen LogP contribution in [-0.4, -0.2) is 75.6 Å². The molecule has 1 aliphatic heterocycles. The van der Waals surface area contributed by atoms with Gasteiger partial charge in [-0.2, -0.15) is 0 Å². The molecule has 2 aromatic carbocycles. The van der Waals surface area contributed by atoms with E-state index in [-0.39, 0.29) is 24.9 Å². The van der Waals surface area contributed by atoms with Crippen LogP contribution in [0.4, 0.5) is 11.4 Å². The molecule has 0 bridgehead atoms. The number of fused-ring (bicyclic) bond motifs is 1. The van der Waals surface area contributed by atoms with Crippen molar-refractivity contribution in [1.29, 1.82) is 0 Å². The van der Waals surface area contributed by atoms with Gasteiger partial charge in [-0.3, -0.25) is 24.1 Å². The van der Waals surface area contributed by atoms with Crippen molar-refractivity contribution < 1.29 is 28.7 Å². The van der Waals surface area contributed by atoms with Gasteiger partial charge >= 0.3 is 0 Å². The molecule has 4 amide bonds. The molecule has 33 heavy (non-hydrogen) atoms. The molecular formula is C24H27N3O6. The molecular weight excluding hydrogens is 426 g/mol. The average molecular weight is 453 g/mol. The van der Waals surface area contributed by atoms with Crippen LogP contribution >= 0.6 is 0 Å². The second-order valence-corrected chi connectivity index (χ2v) is 7.39. The largest absolute Gasteiger partial charge is 0.380 e. The van der Waals surface area contributed by atoms with Gasteiger partial charge in [0.25, 0.3) is 11.8 Å². The predicted molar refractivity (Wildman–Crippen MR) is 122 cm³/mol. The van der Waals surface area contributed by atoms with Crippen molar-refractivity contribution in [2.45, 2.75) is 13.0 Å². The molecule has 0 N–H and O–H groups in total. The molecule has 174 valence electrons. The van der Waals surface area contributed by atoms with E-state index in [0.717, 1.165) is 11.3 Å². The lowest BCUT2D eigenvalue weighted by molar-refractivity contribution is -0.108. The Kier molecular flexibility index (Phi) is 8.28. The van der Waals surface area contributed by atoms with Gasteiger partial charge in [-0.1, -0.05) is 12.1 Å². The third kappa shape index (κ3) is 5.44. The minimum Gasteiger partial charge on any atom is -0.380 e. The predicted octanol–water partition coefficient (Wildman–Crippen LogP) is 1.96. The molecule has 3 rings (SSSR count). The second kappa shape index (κ2) is 11.3. The van der Waals surface area contributed by atoms with Crippen molar-refractivity contribution in [2.75, 3.05) is 49.8 Å². The second-order valence-electron chi connectivity index (χ2n) is 7.39. The SMILES string of the molecule is CCOCCN(C=O)c1ccc(N(C=O)CC(CN2C(=O)c3ccccc3C2=O)OC)cc1. The van der Waals surface area contributed by atoms with Crippen LogP contribution in [0.5, 0.6) is 0 Å². The summed E-state index contributed by atoms with van der Waals surface area (Å²) < 4.78 is 10.8. The Morgan fingerprint density at radius 2 is 1.45 bits per heavy atom. The van der Waals surface area contributed by atoms with Crippen LogP contribution in [0.15, 0.2) is 48.5 Å². The first kappa shape index (κ1) is 24.1. The van der Waals surface area contributed by atoms with E-state index in [1.807, 2.05) is 6.92 Å².